The molecule has 0 spiro atoms. The van der Waals surface area contributed by atoms with Crippen LogP contribution in [0, 0.1) is 0 Å². The van der Waals surface area contributed by atoms with E-state index in [1.165, 1.54) is 0 Å². The topological polar surface area (TPSA) is 55.4 Å². The number of halogens is 2. The Bertz CT molecular complexity index is 756. The van der Waals surface area contributed by atoms with Crippen LogP contribution in [-0.4, -0.2) is 17.7 Å². The van der Waals surface area contributed by atoms with Crippen LogP contribution in [0.15, 0.2) is 47.5 Å². The molecule has 3 rings (SSSR count). The Morgan fingerprint density at radius 2 is 1.90 bits per heavy atom. The van der Waals surface area contributed by atoms with Crippen LogP contribution in [0.1, 0.15) is 16.7 Å². The highest BCUT2D eigenvalue weighted by atomic mass is 35.5. The number of nitrogens with two attached hydrogens (primary N) is 1. The van der Waals surface area contributed by atoms with Crippen molar-refractivity contribution in [3.05, 3.63) is 69.2 Å². The first kappa shape index (κ1) is 14.3. The van der Waals surface area contributed by atoms with Gasteiger partial charge in [0, 0.05) is 27.6 Å². The summed E-state index contributed by atoms with van der Waals surface area (Å²) < 4.78 is 0. The summed E-state index contributed by atoms with van der Waals surface area (Å²) in [7, 11) is 0. The quantitative estimate of drug-likeness (QED) is 0.877. The van der Waals surface area contributed by atoms with Crippen molar-refractivity contribution in [3.63, 3.8) is 0 Å². The third-order valence-electron chi connectivity index (χ3n) is 3.42. The number of carbonyl (C=O) groups is 1. The van der Waals surface area contributed by atoms with Gasteiger partial charge in [-0.05, 0) is 23.8 Å². The number of hydrogen-bond acceptors (Lipinski definition) is 3. The average molecular weight is 319 g/mol. The molecule has 1 heterocycles. The molecule has 0 radical (unpaired) electrons. The Kier molecular flexibility index (Phi) is 3.81. The van der Waals surface area contributed by atoms with E-state index in [2.05, 4.69) is 4.99 Å². The minimum Gasteiger partial charge on any atom is -0.303 e. The Morgan fingerprint density at radius 3 is 2.67 bits per heavy atom. The van der Waals surface area contributed by atoms with E-state index in [-0.39, 0.29) is 12.2 Å². The van der Waals surface area contributed by atoms with Crippen LogP contribution in [0.2, 0.25) is 10.0 Å². The predicted molar refractivity (Wildman–Crippen MR) is 85.2 cm³/mol. The van der Waals surface area contributed by atoms with E-state index in [0.717, 1.165) is 16.7 Å². The van der Waals surface area contributed by atoms with Crippen molar-refractivity contribution >= 4 is 34.7 Å². The number of carbonyl (C=O) groups excluding carboxylic acids is 1. The molecule has 0 saturated heterocycles. The number of benzene rings is 2. The zero-order valence-corrected chi connectivity index (χ0v) is 12.5. The standard InChI is InChI=1S/C16H12Cl2N2O/c17-10-4-1-3-9(7-10)15-11-5-2-6-13(18)12(11)8-14(21)16(19)20-15/h1-7,16H,8,19H2. The summed E-state index contributed by atoms with van der Waals surface area (Å²) in [6, 6.07) is 12.8. The molecule has 1 aliphatic rings. The largest absolute Gasteiger partial charge is 0.303 e. The van der Waals surface area contributed by atoms with E-state index in [1.54, 1.807) is 18.2 Å². The fourth-order valence-corrected chi connectivity index (χ4v) is 2.82. The van der Waals surface area contributed by atoms with Crippen molar-refractivity contribution in [1.82, 2.24) is 0 Å². The van der Waals surface area contributed by atoms with Gasteiger partial charge >= 0.3 is 0 Å². The molecule has 1 aliphatic heterocycles. The lowest BCUT2D eigenvalue weighted by atomic mass is 9.96. The van der Waals surface area contributed by atoms with Gasteiger partial charge in [0.05, 0.1) is 5.71 Å². The van der Waals surface area contributed by atoms with Crippen molar-refractivity contribution in [1.29, 1.82) is 0 Å². The van der Waals surface area contributed by atoms with Gasteiger partial charge in [0.15, 0.2) is 11.9 Å². The predicted octanol–water partition coefficient (Wildman–Crippen LogP) is 3.24. The second kappa shape index (κ2) is 5.60. The number of aliphatic imine (C=N–C) groups is 1. The number of ketones is 1. The van der Waals surface area contributed by atoms with Gasteiger partial charge in [-0.25, -0.2) is 0 Å². The van der Waals surface area contributed by atoms with Gasteiger partial charge in [0.2, 0.25) is 0 Å². The van der Waals surface area contributed by atoms with Gasteiger partial charge in [-0.1, -0.05) is 47.5 Å². The van der Waals surface area contributed by atoms with Gasteiger partial charge in [-0.3, -0.25) is 9.79 Å². The lowest BCUT2D eigenvalue weighted by molar-refractivity contribution is -0.119. The molecule has 0 fully saturated rings. The smallest absolute Gasteiger partial charge is 0.176 e. The molecule has 0 aliphatic carbocycles. The normalized spacial score (nSPS) is 18.0. The fourth-order valence-electron chi connectivity index (χ4n) is 2.39. The van der Waals surface area contributed by atoms with E-state index in [0.29, 0.717) is 15.8 Å². The summed E-state index contributed by atoms with van der Waals surface area (Å²) in [5.74, 6) is -0.152. The summed E-state index contributed by atoms with van der Waals surface area (Å²) in [5, 5.41) is 1.15. The molecule has 0 saturated carbocycles. The van der Waals surface area contributed by atoms with E-state index < -0.39 is 6.17 Å². The maximum Gasteiger partial charge on any atom is 0.176 e. The molecule has 2 aromatic carbocycles. The highest BCUT2D eigenvalue weighted by Crippen LogP contribution is 2.27. The molecule has 2 aromatic rings. The third kappa shape index (κ3) is 2.72. The summed E-state index contributed by atoms with van der Waals surface area (Å²) in [4.78, 5) is 16.4. The monoisotopic (exact) mass is 318 g/mol. The van der Waals surface area contributed by atoms with Gasteiger partial charge in [-0.2, -0.15) is 0 Å². The second-order valence-corrected chi connectivity index (χ2v) is 5.69. The second-order valence-electron chi connectivity index (χ2n) is 4.84. The SMILES string of the molecule is NC1N=C(c2cccc(Cl)c2)c2cccc(Cl)c2CC1=O. The molecule has 5 heteroatoms. The first-order valence-corrected chi connectivity index (χ1v) is 7.21. The zero-order chi connectivity index (χ0) is 15.0. The van der Waals surface area contributed by atoms with Crippen LogP contribution in [0.25, 0.3) is 0 Å². The molecular formula is C16H12Cl2N2O. The van der Waals surface area contributed by atoms with E-state index in [9.17, 15) is 4.79 Å². The minimum absolute atomic E-state index is 0.152. The number of nitrogens with zero attached hydrogens (tertiary/aromatic N) is 1. The van der Waals surface area contributed by atoms with Crippen molar-refractivity contribution in [2.75, 3.05) is 0 Å². The van der Waals surface area contributed by atoms with Crippen molar-refractivity contribution in [2.45, 2.75) is 12.6 Å². The maximum absolute atomic E-state index is 12.1. The fraction of sp³-hybridized carbons (Fsp3) is 0.125. The van der Waals surface area contributed by atoms with Crippen molar-refractivity contribution < 1.29 is 4.79 Å². The van der Waals surface area contributed by atoms with Crippen LogP contribution in [0.3, 0.4) is 0 Å². The molecule has 106 valence electrons. The van der Waals surface area contributed by atoms with Crippen LogP contribution in [0.4, 0.5) is 0 Å². The van der Waals surface area contributed by atoms with Crippen LogP contribution in [0.5, 0.6) is 0 Å². The van der Waals surface area contributed by atoms with Crippen LogP contribution < -0.4 is 5.73 Å². The Morgan fingerprint density at radius 1 is 1.14 bits per heavy atom. The summed E-state index contributed by atoms with van der Waals surface area (Å²) in [6.07, 6.45) is -0.702. The van der Waals surface area contributed by atoms with Crippen LogP contribution >= 0.6 is 23.2 Å². The Balaban J connectivity index is 2.25. The highest BCUT2D eigenvalue weighted by Gasteiger charge is 2.24. The zero-order valence-electron chi connectivity index (χ0n) is 11.0. The van der Waals surface area contributed by atoms with Crippen molar-refractivity contribution in [2.24, 2.45) is 10.7 Å². The molecule has 0 aromatic heterocycles. The highest BCUT2D eigenvalue weighted by molar-refractivity contribution is 6.33. The van der Waals surface area contributed by atoms with Crippen molar-refractivity contribution in [3.8, 4) is 0 Å². The van der Waals surface area contributed by atoms with Gasteiger partial charge in [0.25, 0.3) is 0 Å². The molecule has 1 atom stereocenters. The molecule has 3 nitrogen and oxygen atoms in total. The Labute approximate surface area is 132 Å². The van der Waals surface area contributed by atoms with E-state index in [4.69, 9.17) is 28.9 Å². The number of Topliss-reactive ketones (excluding diaryl/α,β-unsaturated/α-hetero) is 1. The summed E-state index contributed by atoms with van der Waals surface area (Å²) in [6.45, 7) is 0. The molecular weight excluding hydrogens is 307 g/mol. The first-order chi connectivity index (χ1) is 10.1. The summed E-state index contributed by atoms with van der Waals surface area (Å²) in [5.41, 5.74) is 8.91. The molecule has 2 N–H and O–H groups in total. The van der Waals surface area contributed by atoms with Gasteiger partial charge in [-0.15, -0.1) is 0 Å². The molecule has 0 amide bonds. The number of hydrogen-bond donors (Lipinski definition) is 1. The number of fused-ring (bicyclic) bond motifs is 1. The first-order valence-electron chi connectivity index (χ1n) is 6.46. The van der Waals surface area contributed by atoms with Gasteiger partial charge in [0.1, 0.15) is 0 Å². The lowest BCUT2D eigenvalue weighted by Crippen LogP contribution is -2.29. The molecule has 21 heavy (non-hydrogen) atoms. The minimum atomic E-state index is -0.887. The van der Waals surface area contributed by atoms with E-state index in [1.807, 2.05) is 24.3 Å². The lowest BCUT2D eigenvalue weighted by Gasteiger charge is -2.11. The number of rotatable bonds is 1. The van der Waals surface area contributed by atoms with Crippen LogP contribution in [-0.2, 0) is 11.2 Å². The molecule has 0 bridgehead atoms. The van der Waals surface area contributed by atoms with Gasteiger partial charge < -0.3 is 5.73 Å². The third-order valence-corrected chi connectivity index (χ3v) is 4.01. The Hall–Kier alpha value is -1.68. The van der Waals surface area contributed by atoms with E-state index >= 15 is 0 Å². The summed E-state index contributed by atoms with van der Waals surface area (Å²) >= 11 is 12.3. The average Bonchev–Trinajstić information content (AvgIpc) is 2.58. The maximum atomic E-state index is 12.1. The molecule has 1 unspecified atom stereocenters.